The summed E-state index contributed by atoms with van der Waals surface area (Å²) >= 11 is 13.9. The van der Waals surface area contributed by atoms with Crippen LogP contribution in [0.3, 0.4) is 0 Å². The van der Waals surface area contributed by atoms with E-state index < -0.39 is 0 Å². The molecule has 0 radical (unpaired) electrons. The van der Waals surface area contributed by atoms with Gasteiger partial charge in [-0.05, 0) is 30.2 Å². The molecular formula is C14H15Cl2N3S. The van der Waals surface area contributed by atoms with Crippen LogP contribution in [0.15, 0.2) is 47.6 Å². The van der Waals surface area contributed by atoms with Crippen LogP contribution in [-0.4, -0.2) is 16.8 Å². The van der Waals surface area contributed by atoms with E-state index >= 15 is 0 Å². The fourth-order valence-corrected chi connectivity index (χ4v) is 3.22. The number of nitrogens with zero attached hydrogens (tertiary/aromatic N) is 1. The molecule has 1 unspecified atom stereocenters. The summed E-state index contributed by atoms with van der Waals surface area (Å²) < 4.78 is 0. The molecule has 3 nitrogen and oxygen atoms in total. The van der Waals surface area contributed by atoms with Gasteiger partial charge in [-0.25, -0.2) is 0 Å². The molecule has 0 bridgehead atoms. The van der Waals surface area contributed by atoms with Crippen LogP contribution in [0, 0.1) is 0 Å². The highest BCUT2D eigenvalue weighted by molar-refractivity contribution is 7.99. The monoisotopic (exact) mass is 327 g/mol. The van der Waals surface area contributed by atoms with E-state index in [4.69, 9.17) is 29.0 Å². The van der Waals surface area contributed by atoms with Crippen LogP contribution < -0.4 is 11.3 Å². The van der Waals surface area contributed by atoms with Crippen LogP contribution in [0.1, 0.15) is 5.56 Å². The van der Waals surface area contributed by atoms with E-state index in [1.54, 1.807) is 24.2 Å². The van der Waals surface area contributed by atoms with Gasteiger partial charge < -0.3 is 0 Å². The number of halogens is 2. The van der Waals surface area contributed by atoms with Crippen LogP contribution in [0.2, 0.25) is 10.0 Å². The second-order valence-electron chi connectivity index (χ2n) is 4.28. The van der Waals surface area contributed by atoms with Gasteiger partial charge in [0.15, 0.2) is 0 Å². The Hall–Kier alpha value is -0.780. The largest absolute Gasteiger partial charge is 0.271 e. The van der Waals surface area contributed by atoms with Gasteiger partial charge in [-0.15, -0.1) is 11.8 Å². The van der Waals surface area contributed by atoms with Crippen molar-refractivity contribution in [2.45, 2.75) is 17.4 Å². The maximum Gasteiger partial charge on any atom is 0.0621 e. The Labute approximate surface area is 132 Å². The predicted molar refractivity (Wildman–Crippen MR) is 86.2 cm³/mol. The van der Waals surface area contributed by atoms with E-state index in [2.05, 4.69) is 10.4 Å². The van der Waals surface area contributed by atoms with E-state index in [1.807, 2.05) is 30.3 Å². The molecule has 0 saturated heterocycles. The van der Waals surface area contributed by atoms with Crippen molar-refractivity contribution in [3.63, 3.8) is 0 Å². The first-order valence-corrected chi connectivity index (χ1v) is 7.86. The van der Waals surface area contributed by atoms with Crippen molar-refractivity contribution >= 4 is 35.0 Å². The molecule has 2 aromatic rings. The Balaban J connectivity index is 1.96. The molecule has 0 spiro atoms. The van der Waals surface area contributed by atoms with Gasteiger partial charge in [0.05, 0.1) is 10.0 Å². The van der Waals surface area contributed by atoms with Crippen molar-refractivity contribution in [3.05, 3.63) is 58.3 Å². The lowest BCUT2D eigenvalue weighted by Gasteiger charge is -2.16. The quantitative estimate of drug-likeness (QED) is 0.484. The minimum atomic E-state index is 0.108. The highest BCUT2D eigenvalue weighted by Gasteiger charge is 2.11. The SMILES string of the molecule is NNC(CSc1ccccc1Cl)Cc1ccncc1Cl. The first kappa shape index (κ1) is 15.6. The standard InChI is InChI=1S/C14H15Cl2N3S/c15-12-3-1-2-4-14(12)20-9-11(19-17)7-10-5-6-18-8-13(10)16/h1-6,8,11,19H,7,9,17H2. The van der Waals surface area contributed by atoms with Crippen molar-refractivity contribution in [3.8, 4) is 0 Å². The summed E-state index contributed by atoms with van der Waals surface area (Å²) in [4.78, 5) is 5.03. The van der Waals surface area contributed by atoms with E-state index in [-0.39, 0.29) is 6.04 Å². The van der Waals surface area contributed by atoms with Crippen LogP contribution in [-0.2, 0) is 6.42 Å². The van der Waals surface area contributed by atoms with Crippen molar-refractivity contribution in [1.29, 1.82) is 0 Å². The number of pyridine rings is 1. The smallest absolute Gasteiger partial charge is 0.0621 e. The molecule has 20 heavy (non-hydrogen) atoms. The number of nitrogens with two attached hydrogens (primary N) is 1. The molecule has 106 valence electrons. The molecule has 1 atom stereocenters. The first-order valence-electron chi connectivity index (χ1n) is 6.12. The van der Waals surface area contributed by atoms with Gasteiger partial charge in [-0.1, -0.05) is 35.3 Å². The number of hydrazine groups is 1. The fraction of sp³-hybridized carbons (Fsp3) is 0.214. The second-order valence-corrected chi connectivity index (χ2v) is 6.15. The Morgan fingerprint density at radius 3 is 2.70 bits per heavy atom. The zero-order valence-corrected chi connectivity index (χ0v) is 13.1. The Morgan fingerprint density at radius 2 is 2.00 bits per heavy atom. The molecule has 0 aliphatic rings. The third-order valence-electron chi connectivity index (χ3n) is 2.84. The predicted octanol–water partition coefficient (Wildman–Crippen LogP) is 3.56. The van der Waals surface area contributed by atoms with Crippen LogP contribution in [0.25, 0.3) is 0 Å². The van der Waals surface area contributed by atoms with Gasteiger partial charge in [0.25, 0.3) is 0 Å². The van der Waals surface area contributed by atoms with Crippen molar-refractivity contribution in [2.24, 2.45) is 5.84 Å². The number of rotatable bonds is 6. The van der Waals surface area contributed by atoms with Crippen molar-refractivity contribution in [2.75, 3.05) is 5.75 Å². The molecule has 6 heteroatoms. The Kier molecular flexibility index (Phi) is 6.13. The van der Waals surface area contributed by atoms with E-state index in [1.165, 1.54) is 0 Å². The molecule has 0 aliphatic carbocycles. The molecule has 1 aromatic carbocycles. The van der Waals surface area contributed by atoms with E-state index in [0.717, 1.165) is 27.7 Å². The van der Waals surface area contributed by atoms with Crippen LogP contribution >= 0.6 is 35.0 Å². The fourth-order valence-electron chi connectivity index (χ4n) is 1.75. The number of benzene rings is 1. The Bertz CT molecular complexity index is 566. The minimum absolute atomic E-state index is 0.108. The van der Waals surface area contributed by atoms with Crippen LogP contribution in [0.5, 0.6) is 0 Å². The molecule has 2 rings (SSSR count). The Morgan fingerprint density at radius 1 is 1.20 bits per heavy atom. The number of hydrogen-bond donors (Lipinski definition) is 2. The van der Waals surface area contributed by atoms with Gasteiger partial charge in [-0.3, -0.25) is 16.3 Å². The maximum absolute atomic E-state index is 6.13. The summed E-state index contributed by atoms with van der Waals surface area (Å²) in [7, 11) is 0. The van der Waals surface area contributed by atoms with E-state index in [0.29, 0.717) is 5.02 Å². The minimum Gasteiger partial charge on any atom is -0.271 e. The summed E-state index contributed by atoms with van der Waals surface area (Å²) in [5.74, 6) is 6.42. The zero-order chi connectivity index (χ0) is 14.4. The third kappa shape index (κ3) is 4.36. The third-order valence-corrected chi connectivity index (χ3v) is 4.85. The molecule has 1 aromatic heterocycles. The lowest BCUT2D eigenvalue weighted by Crippen LogP contribution is -2.38. The van der Waals surface area contributed by atoms with Crippen molar-refractivity contribution in [1.82, 2.24) is 10.4 Å². The molecule has 0 aliphatic heterocycles. The molecule has 3 N–H and O–H groups in total. The molecule has 0 fully saturated rings. The number of hydrogen-bond acceptors (Lipinski definition) is 4. The summed E-state index contributed by atoms with van der Waals surface area (Å²) in [5, 5.41) is 1.42. The molecular weight excluding hydrogens is 313 g/mol. The van der Waals surface area contributed by atoms with Gasteiger partial charge >= 0.3 is 0 Å². The summed E-state index contributed by atoms with van der Waals surface area (Å²) in [5.41, 5.74) is 3.86. The lowest BCUT2D eigenvalue weighted by atomic mass is 10.1. The average Bonchev–Trinajstić information content (AvgIpc) is 2.47. The van der Waals surface area contributed by atoms with Gasteiger partial charge in [0.2, 0.25) is 0 Å². The summed E-state index contributed by atoms with van der Waals surface area (Å²) in [6, 6.07) is 9.79. The number of nitrogens with one attached hydrogen (secondary N) is 1. The highest BCUT2D eigenvalue weighted by atomic mass is 35.5. The number of thioether (sulfide) groups is 1. The number of aromatic nitrogens is 1. The summed E-state index contributed by atoms with van der Waals surface area (Å²) in [6.45, 7) is 0. The van der Waals surface area contributed by atoms with Gasteiger partial charge in [0.1, 0.15) is 0 Å². The summed E-state index contributed by atoms with van der Waals surface area (Å²) in [6.07, 6.45) is 4.12. The van der Waals surface area contributed by atoms with Crippen molar-refractivity contribution < 1.29 is 0 Å². The van der Waals surface area contributed by atoms with E-state index in [9.17, 15) is 0 Å². The lowest BCUT2D eigenvalue weighted by molar-refractivity contribution is 0.575. The molecule has 0 amide bonds. The second kappa shape index (κ2) is 7.86. The molecule has 1 heterocycles. The zero-order valence-electron chi connectivity index (χ0n) is 10.7. The molecule has 0 saturated carbocycles. The highest BCUT2D eigenvalue weighted by Crippen LogP contribution is 2.27. The van der Waals surface area contributed by atoms with Crippen LogP contribution in [0.4, 0.5) is 0 Å². The first-order chi connectivity index (χ1) is 9.70. The van der Waals surface area contributed by atoms with Gasteiger partial charge in [-0.2, -0.15) is 0 Å². The average molecular weight is 328 g/mol. The normalized spacial score (nSPS) is 12.3. The van der Waals surface area contributed by atoms with Gasteiger partial charge in [0, 0.05) is 29.1 Å². The maximum atomic E-state index is 6.13. The topological polar surface area (TPSA) is 50.9 Å².